The quantitative estimate of drug-likeness (QED) is 0.574. The van der Waals surface area contributed by atoms with Crippen LogP contribution in [0.1, 0.15) is 31.2 Å². The Hall–Kier alpha value is -1.11. The van der Waals surface area contributed by atoms with Crippen LogP contribution >= 0.6 is 0 Å². The molecule has 0 radical (unpaired) electrons. The van der Waals surface area contributed by atoms with Crippen molar-refractivity contribution in [2.75, 3.05) is 0 Å². The Morgan fingerprint density at radius 1 is 1.33 bits per heavy atom. The van der Waals surface area contributed by atoms with Gasteiger partial charge in [0.25, 0.3) is 0 Å². The van der Waals surface area contributed by atoms with Gasteiger partial charge in [-0.3, -0.25) is 4.98 Å². The Morgan fingerprint density at radius 3 is 2.67 bits per heavy atom. The molecule has 1 nitrogen and oxygen atoms in total. The zero-order valence-electron chi connectivity index (χ0n) is 7.33. The molecule has 0 spiro atoms. The standard InChI is InChI=1S/C11H13N/c1-9-2-3-11(8-9)10-4-6-12-7-5-10/h2,4-7,11H,3,8H2,1H3. The summed E-state index contributed by atoms with van der Waals surface area (Å²) in [5.41, 5.74) is 2.95. The van der Waals surface area contributed by atoms with Crippen LogP contribution in [0.4, 0.5) is 0 Å². The van der Waals surface area contributed by atoms with Crippen LogP contribution in [0.25, 0.3) is 0 Å². The number of nitrogens with zero attached hydrogens (tertiary/aromatic N) is 1. The van der Waals surface area contributed by atoms with E-state index in [0.29, 0.717) is 5.92 Å². The van der Waals surface area contributed by atoms with Gasteiger partial charge in [0.05, 0.1) is 0 Å². The van der Waals surface area contributed by atoms with Crippen LogP contribution in [0.2, 0.25) is 0 Å². The third kappa shape index (κ3) is 1.40. The van der Waals surface area contributed by atoms with E-state index in [1.165, 1.54) is 24.0 Å². The number of aromatic nitrogens is 1. The summed E-state index contributed by atoms with van der Waals surface area (Å²) in [6.45, 7) is 2.21. The summed E-state index contributed by atoms with van der Waals surface area (Å²) in [6.07, 6.45) is 8.52. The van der Waals surface area contributed by atoms with E-state index >= 15 is 0 Å². The molecule has 0 aromatic carbocycles. The summed E-state index contributed by atoms with van der Waals surface area (Å²) in [5.74, 6) is 0.716. The second kappa shape index (κ2) is 3.10. The maximum Gasteiger partial charge on any atom is 0.0270 e. The first kappa shape index (κ1) is 7.53. The molecule has 1 unspecified atom stereocenters. The minimum Gasteiger partial charge on any atom is -0.265 e. The molecule has 62 valence electrons. The molecule has 0 fully saturated rings. The molecule has 1 aliphatic rings. The van der Waals surface area contributed by atoms with Crippen LogP contribution in [-0.2, 0) is 0 Å². The molecule has 0 amide bonds. The minimum atomic E-state index is 0.716. The lowest BCUT2D eigenvalue weighted by atomic mass is 9.97. The first-order valence-electron chi connectivity index (χ1n) is 4.42. The van der Waals surface area contributed by atoms with Crippen LogP contribution in [0.15, 0.2) is 36.2 Å². The third-order valence-electron chi connectivity index (χ3n) is 2.50. The number of hydrogen-bond acceptors (Lipinski definition) is 1. The van der Waals surface area contributed by atoms with Crippen LogP contribution < -0.4 is 0 Å². The Bertz CT molecular complexity index is 287. The first-order valence-corrected chi connectivity index (χ1v) is 4.42. The van der Waals surface area contributed by atoms with Crippen LogP contribution in [0.5, 0.6) is 0 Å². The molecule has 0 saturated carbocycles. The van der Waals surface area contributed by atoms with Gasteiger partial charge in [0.1, 0.15) is 0 Å². The first-order chi connectivity index (χ1) is 5.86. The van der Waals surface area contributed by atoms with Crippen molar-refractivity contribution < 1.29 is 0 Å². The van der Waals surface area contributed by atoms with Crippen molar-refractivity contribution >= 4 is 0 Å². The van der Waals surface area contributed by atoms with Crippen molar-refractivity contribution in [3.8, 4) is 0 Å². The third-order valence-corrected chi connectivity index (χ3v) is 2.50. The molecule has 0 bridgehead atoms. The summed E-state index contributed by atoms with van der Waals surface area (Å²) in [5, 5.41) is 0. The summed E-state index contributed by atoms with van der Waals surface area (Å²) in [7, 11) is 0. The highest BCUT2D eigenvalue weighted by Crippen LogP contribution is 2.32. The van der Waals surface area contributed by atoms with E-state index in [-0.39, 0.29) is 0 Å². The maximum atomic E-state index is 4.02. The Labute approximate surface area is 73.1 Å². The number of pyridine rings is 1. The zero-order chi connectivity index (χ0) is 8.39. The Morgan fingerprint density at radius 2 is 2.08 bits per heavy atom. The van der Waals surface area contributed by atoms with Gasteiger partial charge in [-0.1, -0.05) is 11.6 Å². The molecule has 0 aliphatic heterocycles. The predicted molar refractivity (Wildman–Crippen MR) is 50.0 cm³/mol. The van der Waals surface area contributed by atoms with Gasteiger partial charge in [0, 0.05) is 12.4 Å². The van der Waals surface area contributed by atoms with Gasteiger partial charge in [0.15, 0.2) is 0 Å². The molecule has 0 saturated heterocycles. The fraction of sp³-hybridized carbons (Fsp3) is 0.364. The van der Waals surface area contributed by atoms with Crippen molar-refractivity contribution in [2.45, 2.75) is 25.7 Å². The van der Waals surface area contributed by atoms with E-state index in [1.807, 2.05) is 12.4 Å². The van der Waals surface area contributed by atoms with Gasteiger partial charge in [-0.15, -0.1) is 0 Å². The molecule has 12 heavy (non-hydrogen) atoms. The number of allylic oxidation sites excluding steroid dienone is 2. The topological polar surface area (TPSA) is 12.9 Å². The number of hydrogen-bond donors (Lipinski definition) is 0. The van der Waals surface area contributed by atoms with Crippen molar-refractivity contribution in [3.63, 3.8) is 0 Å². The molecule has 1 aromatic heterocycles. The largest absolute Gasteiger partial charge is 0.265 e. The molecule has 1 heterocycles. The van der Waals surface area contributed by atoms with Crippen LogP contribution in [0.3, 0.4) is 0 Å². The molecule has 1 aromatic rings. The van der Waals surface area contributed by atoms with Gasteiger partial charge in [-0.2, -0.15) is 0 Å². The molecule has 2 rings (SSSR count). The van der Waals surface area contributed by atoms with E-state index in [4.69, 9.17) is 0 Å². The lowest BCUT2D eigenvalue weighted by Gasteiger charge is -2.08. The van der Waals surface area contributed by atoms with Crippen molar-refractivity contribution in [1.29, 1.82) is 0 Å². The highest BCUT2D eigenvalue weighted by molar-refractivity contribution is 5.23. The van der Waals surface area contributed by atoms with E-state index in [0.717, 1.165) is 0 Å². The van der Waals surface area contributed by atoms with Gasteiger partial charge >= 0.3 is 0 Å². The summed E-state index contributed by atoms with van der Waals surface area (Å²) >= 11 is 0. The maximum absolute atomic E-state index is 4.02. The Balaban J connectivity index is 2.14. The second-order valence-corrected chi connectivity index (χ2v) is 3.47. The van der Waals surface area contributed by atoms with Gasteiger partial charge < -0.3 is 0 Å². The minimum absolute atomic E-state index is 0.716. The SMILES string of the molecule is CC1=CCC(c2ccncc2)C1. The smallest absolute Gasteiger partial charge is 0.0270 e. The normalized spacial score (nSPS) is 22.4. The average molecular weight is 159 g/mol. The van der Waals surface area contributed by atoms with Crippen LogP contribution in [0, 0.1) is 0 Å². The highest BCUT2D eigenvalue weighted by Gasteiger charge is 2.15. The van der Waals surface area contributed by atoms with E-state index in [2.05, 4.69) is 30.1 Å². The molecule has 1 atom stereocenters. The van der Waals surface area contributed by atoms with E-state index < -0.39 is 0 Å². The van der Waals surface area contributed by atoms with Crippen molar-refractivity contribution in [2.24, 2.45) is 0 Å². The molecule has 1 aliphatic carbocycles. The highest BCUT2D eigenvalue weighted by atomic mass is 14.6. The summed E-state index contributed by atoms with van der Waals surface area (Å²) in [4.78, 5) is 4.02. The predicted octanol–water partition coefficient (Wildman–Crippen LogP) is 2.91. The van der Waals surface area contributed by atoms with E-state index in [1.54, 1.807) is 0 Å². The Kier molecular flexibility index (Phi) is 1.94. The molecular formula is C11H13N. The zero-order valence-corrected chi connectivity index (χ0v) is 7.33. The molecular weight excluding hydrogens is 146 g/mol. The summed E-state index contributed by atoms with van der Waals surface area (Å²) in [6, 6.07) is 4.24. The molecule has 1 heteroatoms. The molecule has 0 N–H and O–H groups in total. The second-order valence-electron chi connectivity index (χ2n) is 3.47. The van der Waals surface area contributed by atoms with Crippen LogP contribution in [-0.4, -0.2) is 4.98 Å². The summed E-state index contributed by atoms with van der Waals surface area (Å²) < 4.78 is 0. The fourth-order valence-electron chi connectivity index (χ4n) is 1.79. The number of rotatable bonds is 1. The van der Waals surface area contributed by atoms with Crippen molar-refractivity contribution in [1.82, 2.24) is 4.98 Å². The van der Waals surface area contributed by atoms with Crippen molar-refractivity contribution in [3.05, 3.63) is 41.7 Å². The monoisotopic (exact) mass is 159 g/mol. The van der Waals surface area contributed by atoms with Gasteiger partial charge in [0.2, 0.25) is 0 Å². The lowest BCUT2D eigenvalue weighted by Crippen LogP contribution is -1.92. The van der Waals surface area contributed by atoms with Gasteiger partial charge in [-0.05, 0) is 43.4 Å². The fourth-order valence-corrected chi connectivity index (χ4v) is 1.79. The van der Waals surface area contributed by atoms with Gasteiger partial charge in [-0.25, -0.2) is 0 Å². The van der Waals surface area contributed by atoms with E-state index in [9.17, 15) is 0 Å². The lowest BCUT2D eigenvalue weighted by molar-refractivity contribution is 0.739. The average Bonchev–Trinajstić information content (AvgIpc) is 2.54.